The van der Waals surface area contributed by atoms with Gasteiger partial charge in [-0.2, -0.15) is 0 Å². The van der Waals surface area contributed by atoms with E-state index in [1.165, 1.54) is 13.2 Å². The van der Waals surface area contributed by atoms with Crippen LogP contribution in [-0.4, -0.2) is 75.4 Å². The van der Waals surface area contributed by atoms with Gasteiger partial charge in [-0.05, 0) is 18.6 Å². The van der Waals surface area contributed by atoms with Gasteiger partial charge in [0.05, 0.1) is 31.3 Å². The lowest BCUT2D eigenvalue weighted by Crippen LogP contribution is -2.55. The average molecular weight is 412 g/mol. The first kappa shape index (κ1) is 21.7. The Morgan fingerprint density at radius 2 is 1.83 bits per heavy atom. The molecule has 6 atom stereocenters. The molecule has 1 aromatic carbocycles. The second kappa shape index (κ2) is 8.36. The molecular weight excluding hydrogens is 388 g/mol. The maximum absolute atomic E-state index is 12.7. The molecule has 6 unspecified atom stereocenters. The summed E-state index contributed by atoms with van der Waals surface area (Å²) in [4.78, 5) is 12.7. The third kappa shape index (κ3) is 3.64. The Bertz CT molecular complexity index is 937. The largest absolute Gasteiger partial charge is 0.496 e. The van der Waals surface area contributed by atoms with Gasteiger partial charge in [0.1, 0.15) is 53.7 Å². The molecule has 10 heteroatoms. The number of fused-ring (bicyclic) bond motifs is 1. The smallest absolute Gasteiger partial charge is 0.193 e. The van der Waals surface area contributed by atoms with Crippen molar-refractivity contribution in [3.05, 3.63) is 39.2 Å². The van der Waals surface area contributed by atoms with Crippen LogP contribution in [0.2, 0.25) is 0 Å². The molecule has 29 heavy (non-hydrogen) atoms. The predicted molar refractivity (Wildman–Crippen MR) is 98.5 cm³/mol. The normalized spacial score (nSPS) is 28.5. The summed E-state index contributed by atoms with van der Waals surface area (Å²) in [6, 6.07) is 2.58. The Morgan fingerprint density at radius 1 is 1.14 bits per heavy atom. The van der Waals surface area contributed by atoms with Crippen molar-refractivity contribution in [2.45, 2.75) is 43.5 Å². The Hall–Kier alpha value is -2.05. The highest BCUT2D eigenvalue weighted by atomic mass is 16.5. The molecule has 1 fully saturated rings. The Kier molecular flexibility index (Phi) is 6.24. The van der Waals surface area contributed by atoms with Crippen LogP contribution in [0.25, 0.3) is 11.0 Å². The molecule has 1 saturated heterocycles. The summed E-state index contributed by atoms with van der Waals surface area (Å²) in [5.74, 6) is -0.0402. The van der Waals surface area contributed by atoms with Gasteiger partial charge >= 0.3 is 0 Å². The summed E-state index contributed by atoms with van der Waals surface area (Å²) in [5, 5.41) is 59.5. The molecule has 6 N–H and O–H groups in total. The van der Waals surface area contributed by atoms with Crippen molar-refractivity contribution in [2.24, 2.45) is 0 Å². The Morgan fingerprint density at radius 3 is 2.41 bits per heavy atom. The van der Waals surface area contributed by atoms with Crippen molar-refractivity contribution in [3.8, 4) is 5.75 Å². The lowest BCUT2D eigenvalue weighted by Gasteiger charge is -2.40. The predicted octanol–water partition coefficient (Wildman–Crippen LogP) is -1.35. The van der Waals surface area contributed by atoms with E-state index < -0.39 is 55.3 Å². The van der Waals surface area contributed by atoms with E-state index in [1.54, 1.807) is 6.92 Å². The molecule has 1 aliphatic heterocycles. The number of hydrogen-bond donors (Lipinski definition) is 6. The van der Waals surface area contributed by atoms with Crippen molar-refractivity contribution in [1.29, 1.82) is 0 Å². The molecule has 2 heterocycles. The van der Waals surface area contributed by atoms with Gasteiger partial charge < -0.3 is 44.5 Å². The first-order valence-electron chi connectivity index (χ1n) is 8.99. The standard InChI is InChI=1S/C19H24O10/c1-7-3-11(27-2)14(19-17(26)16(25)15(24)12(6-21)29-19)18-13(7)8(22)4-10(28-18)9(23)5-20/h3-4,9,12,15-17,19-21,23-26H,5-6H2,1-2H3. The summed E-state index contributed by atoms with van der Waals surface area (Å²) in [5.41, 5.74) is -0.0148. The van der Waals surface area contributed by atoms with Crippen LogP contribution in [0.4, 0.5) is 0 Å². The van der Waals surface area contributed by atoms with E-state index in [2.05, 4.69) is 0 Å². The van der Waals surface area contributed by atoms with Crippen LogP contribution >= 0.6 is 0 Å². The molecule has 0 amide bonds. The molecule has 10 nitrogen and oxygen atoms in total. The fraction of sp³-hybridized carbons (Fsp3) is 0.526. The lowest BCUT2D eigenvalue weighted by molar-refractivity contribution is -0.231. The zero-order valence-corrected chi connectivity index (χ0v) is 15.8. The molecule has 2 aromatic rings. The second-order valence-corrected chi connectivity index (χ2v) is 6.97. The van der Waals surface area contributed by atoms with Crippen molar-refractivity contribution < 1.29 is 44.5 Å². The van der Waals surface area contributed by atoms with Gasteiger partial charge in [-0.3, -0.25) is 4.79 Å². The fourth-order valence-electron chi connectivity index (χ4n) is 3.57. The Labute approximate surface area is 165 Å². The van der Waals surface area contributed by atoms with Crippen LogP contribution < -0.4 is 10.2 Å². The number of aryl methyl sites for hydroxylation is 1. The van der Waals surface area contributed by atoms with Gasteiger partial charge in [0.2, 0.25) is 0 Å². The number of hydrogen-bond acceptors (Lipinski definition) is 10. The topological polar surface area (TPSA) is 170 Å². The van der Waals surface area contributed by atoms with Gasteiger partial charge in [0, 0.05) is 6.07 Å². The minimum Gasteiger partial charge on any atom is -0.496 e. The van der Waals surface area contributed by atoms with Crippen LogP contribution in [0, 0.1) is 6.92 Å². The van der Waals surface area contributed by atoms with E-state index >= 15 is 0 Å². The van der Waals surface area contributed by atoms with Crippen molar-refractivity contribution in [2.75, 3.05) is 20.3 Å². The minimum atomic E-state index is -1.65. The van der Waals surface area contributed by atoms with E-state index in [0.717, 1.165) is 6.07 Å². The van der Waals surface area contributed by atoms with Crippen LogP contribution in [-0.2, 0) is 4.74 Å². The minimum absolute atomic E-state index is 0.0640. The summed E-state index contributed by atoms with van der Waals surface area (Å²) >= 11 is 0. The highest BCUT2D eigenvalue weighted by Gasteiger charge is 2.46. The second-order valence-electron chi connectivity index (χ2n) is 6.97. The zero-order chi connectivity index (χ0) is 21.5. The quantitative estimate of drug-likeness (QED) is 0.345. The first-order chi connectivity index (χ1) is 13.7. The maximum Gasteiger partial charge on any atom is 0.193 e. The van der Waals surface area contributed by atoms with Gasteiger partial charge in [-0.15, -0.1) is 0 Å². The van der Waals surface area contributed by atoms with Crippen LogP contribution in [0.15, 0.2) is 21.3 Å². The van der Waals surface area contributed by atoms with Gasteiger partial charge in [0.25, 0.3) is 0 Å². The highest BCUT2D eigenvalue weighted by Crippen LogP contribution is 2.42. The molecule has 0 aliphatic carbocycles. The van der Waals surface area contributed by atoms with Gasteiger partial charge in [0.15, 0.2) is 5.43 Å². The molecule has 1 aliphatic rings. The molecule has 0 saturated carbocycles. The van der Waals surface area contributed by atoms with E-state index in [0.29, 0.717) is 5.56 Å². The van der Waals surface area contributed by atoms with Gasteiger partial charge in [-0.25, -0.2) is 0 Å². The number of rotatable bonds is 5. The average Bonchev–Trinajstić information content (AvgIpc) is 2.71. The van der Waals surface area contributed by atoms with Gasteiger partial charge in [-0.1, -0.05) is 0 Å². The van der Waals surface area contributed by atoms with Crippen molar-refractivity contribution in [1.82, 2.24) is 0 Å². The van der Waals surface area contributed by atoms with Crippen molar-refractivity contribution >= 4 is 11.0 Å². The number of ether oxygens (including phenoxy) is 2. The molecule has 0 bridgehead atoms. The lowest BCUT2D eigenvalue weighted by atomic mass is 9.89. The molecule has 0 spiro atoms. The molecule has 160 valence electrons. The van der Waals surface area contributed by atoms with E-state index in [4.69, 9.17) is 13.9 Å². The fourth-order valence-corrected chi connectivity index (χ4v) is 3.57. The molecule has 0 radical (unpaired) electrons. The van der Waals surface area contributed by atoms with Crippen LogP contribution in [0.5, 0.6) is 5.75 Å². The number of aliphatic hydroxyl groups is 6. The third-order valence-electron chi connectivity index (χ3n) is 5.12. The van der Waals surface area contributed by atoms with Crippen LogP contribution in [0.1, 0.15) is 29.1 Å². The summed E-state index contributed by atoms with van der Waals surface area (Å²) in [6.45, 7) is 0.319. The number of aliphatic hydroxyl groups excluding tert-OH is 6. The number of methoxy groups -OCH3 is 1. The monoisotopic (exact) mass is 412 g/mol. The van der Waals surface area contributed by atoms with Crippen LogP contribution in [0.3, 0.4) is 0 Å². The van der Waals surface area contributed by atoms with E-state index in [9.17, 15) is 35.4 Å². The van der Waals surface area contributed by atoms with Crippen molar-refractivity contribution in [3.63, 3.8) is 0 Å². The number of benzene rings is 1. The molecule has 1 aromatic heterocycles. The summed E-state index contributed by atoms with van der Waals surface area (Å²) in [7, 11) is 1.35. The highest BCUT2D eigenvalue weighted by molar-refractivity contribution is 5.86. The van der Waals surface area contributed by atoms with E-state index in [-0.39, 0.29) is 28.0 Å². The maximum atomic E-state index is 12.7. The molecular formula is C19H24O10. The first-order valence-corrected chi connectivity index (χ1v) is 8.99. The third-order valence-corrected chi connectivity index (χ3v) is 5.12. The summed E-state index contributed by atoms with van der Waals surface area (Å²) < 4.78 is 16.7. The zero-order valence-electron chi connectivity index (χ0n) is 15.8. The summed E-state index contributed by atoms with van der Waals surface area (Å²) in [6.07, 6.45) is -8.81. The molecule has 3 rings (SSSR count). The SMILES string of the molecule is COc1cc(C)c2c(=O)cc(C(O)CO)oc2c1C1OC(CO)C(O)C(O)C1O. The van der Waals surface area contributed by atoms with E-state index in [1.807, 2.05) is 0 Å². The Balaban J connectivity index is 2.31.